The third kappa shape index (κ3) is 3.81. The van der Waals surface area contributed by atoms with Crippen LogP contribution in [0.4, 0.5) is 0 Å². The van der Waals surface area contributed by atoms with Crippen LogP contribution in [0.5, 0.6) is 5.88 Å². The smallest absolute Gasteiger partial charge is 0.217 e. The summed E-state index contributed by atoms with van der Waals surface area (Å²) in [4.78, 5) is 3.97. The summed E-state index contributed by atoms with van der Waals surface area (Å²) in [5, 5.41) is 0. The van der Waals surface area contributed by atoms with E-state index in [-0.39, 0.29) is 0 Å². The second-order valence-corrected chi connectivity index (χ2v) is 5.11. The summed E-state index contributed by atoms with van der Waals surface area (Å²) >= 11 is 0. The van der Waals surface area contributed by atoms with Crippen LogP contribution >= 0.6 is 0 Å². The summed E-state index contributed by atoms with van der Waals surface area (Å²) in [5.41, 5.74) is 7.86. The third-order valence-electron chi connectivity index (χ3n) is 3.60. The molecule has 106 valence electrons. The molecule has 1 aliphatic carbocycles. The number of nitrogens with two attached hydrogens (primary N) is 1. The van der Waals surface area contributed by atoms with Gasteiger partial charge in [-0.3, -0.25) is 0 Å². The highest BCUT2D eigenvalue weighted by Gasteiger charge is 2.33. The molecule has 1 aromatic carbocycles. The molecule has 0 radical (unpaired) electrons. The Morgan fingerprint density at radius 2 is 1.90 bits per heavy atom. The third-order valence-corrected chi connectivity index (χ3v) is 3.60. The van der Waals surface area contributed by atoms with Crippen LogP contribution in [0.2, 0.25) is 0 Å². The molecule has 1 aliphatic rings. The van der Waals surface area contributed by atoms with E-state index in [1.54, 1.807) is 13.3 Å². The van der Waals surface area contributed by atoms with Gasteiger partial charge in [0.2, 0.25) is 5.88 Å². The quantitative estimate of drug-likeness (QED) is 0.930. The van der Waals surface area contributed by atoms with E-state index in [1.165, 1.54) is 12.0 Å². The molecule has 0 spiro atoms. The van der Waals surface area contributed by atoms with Crippen LogP contribution < -0.4 is 10.5 Å². The Kier molecular flexibility index (Phi) is 5.13. The van der Waals surface area contributed by atoms with Crippen LogP contribution in [0.25, 0.3) is 0 Å². The maximum atomic E-state index is 5.41. The highest BCUT2D eigenvalue weighted by Crippen LogP contribution is 2.46. The Labute approximate surface area is 120 Å². The minimum Gasteiger partial charge on any atom is -0.481 e. The van der Waals surface area contributed by atoms with E-state index in [4.69, 9.17) is 10.5 Å². The van der Waals surface area contributed by atoms with Crippen molar-refractivity contribution in [2.45, 2.75) is 25.8 Å². The first-order chi connectivity index (χ1) is 9.76. The van der Waals surface area contributed by atoms with Crippen molar-refractivity contribution in [1.29, 1.82) is 0 Å². The van der Waals surface area contributed by atoms with Crippen molar-refractivity contribution in [1.82, 2.24) is 4.98 Å². The summed E-state index contributed by atoms with van der Waals surface area (Å²) in [7, 11) is 1.58. The zero-order valence-corrected chi connectivity index (χ0v) is 12.1. The molecule has 3 heteroatoms. The fraction of sp³-hybridized carbons (Fsp3) is 0.353. The fourth-order valence-corrected chi connectivity index (χ4v) is 2.25. The molecule has 3 nitrogen and oxygen atoms in total. The van der Waals surface area contributed by atoms with Gasteiger partial charge in [0, 0.05) is 18.3 Å². The molecule has 0 bridgehead atoms. The summed E-state index contributed by atoms with van der Waals surface area (Å²) in [6.07, 6.45) is 3.07. The van der Waals surface area contributed by atoms with Crippen LogP contribution in [0.1, 0.15) is 30.4 Å². The van der Waals surface area contributed by atoms with Gasteiger partial charge in [-0.05, 0) is 29.9 Å². The Balaban J connectivity index is 0.000000147. The number of pyridine rings is 1. The van der Waals surface area contributed by atoms with Crippen molar-refractivity contribution in [3.8, 4) is 5.88 Å². The average molecular weight is 270 g/mol. The lowest BCUT2D eigenvalue weighted by atomic mass is 10.1. The summed E-state index contributed by atoms with van der Waals surface area (Å²) in [6, 6.07) is 14.5. The first-order valence-corrected chi connectivity index (χ1v) is 6.99. The predicted octanol–water partition coefficient (Wildman–Crippen LogP) is 3.36. The molecule has 2 unspecified atom stereocenters. The van der Waals surface area contributed by atoms with E-state index >= 15 is 0 Å². The zero-order chi connectivity index (χ0) is 14.4. The molecule has 20 heavy (non-hydrogen) atoms. The van der Waals surface area contributed by atoms with Gasteiger partial charge in [0.05, 0.1) is 7.11 Å². The molecule has 2 aromatic rings. The molecule has 2 atom stereocenters. The molecule has 1 fully saturated rings. The van der Waals surface area contributed by atoms with Gasteiger partial charge >= 0.3 is 0 Å². The van der Waals surface area contributed by atoms with Crippen LogP contribution in [0, 0.1) is 5.92 Å². The van der Waals surface area contributed by atoms with Gasteiger partial charge < -0.3 is 10.5 Å². The molecule has 3 rings (SSSR count). The van der Waals surface area contributed by atoms with Gasteiger partial charge in [-0.2, -0.15) is 0 Å². The molecular weight excluding hydrogens is 248 g/mol. The predicted molar refractivity (Wildman–Crippen MR) is 81.6 cm³/mol. The molecule has 0 saturated heterocycles. The second kappa shape index (κ2) is 7.06. The minimum absolute atomic E-state index is 0.469. The van der Waals surface area contributed by atoms with E-state index in [2.05, 4.69) is 42.2 Å². The lowest BCUT2D eigenvalue weighted by molar-refractivity contribution is 0.392. The summed E-state index contributed by atoms with van der Waals surface area (Å²) < 4.78 is 4.95. The maximum absolute atomic E-state index is 5.41. The van der Waals surface area contributed by atoms with Crippen LogP contribution in [0.3, 0.4) is 0 Å². The molecular formula is C17H22N2O. The number of hydrogen-bond donors (Lipinski definition) is 1. The molecule has 1 saturated carbocycles. The van der Waals surface area contributed by atoms with Crippen LogP contribution in [0.15, 0.2) is 48.7 Å². The number of methoxy groups -OCH3 is 1. The standard InChI is InChI=1S/C10H12.C7H10N2O/c1-8-7-10(8)9-5-3-2-4-6-9;1-10-7-6(5-8)3-2-4-9-7/h2-6,8,10H,7H2,1H3;2-4H,5,8H2,1H3. The van der Waals surface area contributed by atoms with Crippen LogP contribution in [-0.4, -0.2) is 12.1 Å². The first-order valence-electron chi connectivity index (χ1n) is 6.99. The number of benzene rings is 1. The molecule has 1 heterocycles. The van der Waals surface area contributed by atoms with E-state index in [0.717, 1.165) is 17.4 Å². The minimum atomic E-state index is 0.469. The van der Waals surface area contributed by atoms with E-state index < -0.39 is 0 Å². The second-order valence-electron chi connectivity index (χ2n) is 5.11. The van der Waals surface area contributed by atoms with Gasteiger partial charge in [0.1, 0.15) is 0 Å². The summed E-state index contributed by atoms with van der Waals surface area (Å²) in [5.74, 6) is 2.42. The van der Waals surface area contributed by atoms with Gasteiger partial charge in [0.15, 0.2) is 0 Å². The molecule has 0 aliphatic heterocycles. The van der Waals surface area contributed by atoms with Gasteiger partial charge in [-0.25, -0.2) is 4.98 Å². The highest BCUT2D eigenvalue weighted by atomic mass is 16.5. The molecule has 0 amide bonds. The maximum Gasteiger partial charge on any atom is 0.217 e. The van der Waals surface area contributed by atoms with E-state index in [0.29, 0.717) is 12.4 Å². The SMILES string of the molecule is CC1CC1c1ccccc1.COc1ncccc1CN. The highest BCUT2D eigenvalue weighted by molar-refractivity contribution is 5.25. The van der Waals surface area contributed by atoms with E-state index in [9.17, 15) is 0 Å². The Morgan fingerprint density at radius 3 is 2.40 bits per heavy atom. The van der Waals surface area contributed by atoms with Crippen molar-refractivity contribution >= 4 is 0 Å². The van der Waals surface area contributed by atoms with Crippen LogP contribution in [-0.2, 0) is 6.54 Å². The van der Waals surface area contributed by atoms with Gasteiger partial charge in [0.25, 0.3) is 0 Å². The molecule has 1 aromatic heterocycles. The number of ether oxygens (including phenoxy) is 1. The van der Waals surface area contributed by atoms with E-state index in [1.807, 2.05) is 12.1 Å². The molecule has 2 N–H and O–H groups in total. The number of aromatic nitrogens is 1. The van der Waals surface area contributed by atoms with Gasteiger partial charge in [-0.15, -0.1) is 0 Å². The Hall–Kier alpha value is -1.87. The lowest BCUT2D eigenvalue weighted by Gasteiger charge is -2.02. The topological polar surface area (TPSA) is 48.1 Å². The Bertz CT molecular complexity index is 505. The average Bonchev–Trinajstić information content (AvgIpc) is 3.25. The lowest BCUT2D eigenvalue weighted by Crippen LogP contribution is -2.00. The summed E-state index contributed by atoms with van der Waals surface area (Å²) in [6.45, 7) is 2.79. The van der Waals surface area contributed by atoms with Crippen molar-refractivity contribution in [3.63, 3.8) is 0 Å². The Morgan fingerprint density at radius 1 is 1.20 bits per heavy atom. The van der Waals surface area contributed by atoms with Gasteiger partial charge in [-0.1, -0.05) is 43.3 Å². The number of rotatable bonds is 3. The van der Waals surface area contributed by atoms with Crippen molar-refractivity contribution in [2.75, 3.05) is 7.11 Å². The number of hydrogen-bond acceptors (Lipinski definition) is 3. The fourth-order valence-electron chi connectivity index (χ4n) is 2.25. The largest absolute Gasteiger partial charge is 0.481 e. The normalized spacial score (nSPS) is 19.8. The van der Waals surface area contributed by atoms with Crippen molar-refractivity contribution < 1.29 is 4.74 Å². The monoisotopic (exact) mass is 270 g/mol. The van der Waals surface area contributed by atoms with Crippen molar-refractivity contribution in [3.05, 3.63) is 59.8 Å². The first kappa shape index (κ1) is 14.5. The zero-order valence-electron chi connectivity index (χ0n) is 12.1. The van der Waals surface area contributed by atoms with Crippen molar-refractivity contribution in [2.24, 2.45) is 11.7 Å². The number of nitrogens with zero attached hydrogens (tertiary/aromatic N) is 1.